The van der Waals surface area contributed by atoms with Crippen molar-refractivity contribution >= 4 is 5.91 Å². The Morgan fingerprint density at radius 3 is 2.95 bits per heavy atom. The average Bonchev–Trinajstić information content (AvgIpc) is 2.86. The second kappa shape index (κ2) is 5.63. The lowest BCUT2D eigenvalue weighted by Gasteiger charge is -2.32. The van der Waals surface area contributed by atoms with Crippen LogP contribution in [0.15, 0.2) is 23.1 Å². The summed E-state index contributed by atoms with van der Waals surface area (Å²) in [4.78, 5) is 22.8. The van der Waals surface area contributed by atoms with Gasteiger partial charge < -0.3 is 9.42 Å². The minimum absolute atomic E-state index is 0.00464. The zero-order valence-electron chi connectivity index (χ0n) is 12.2. The number of aromatic nitrogens is 3. The number of nitrogens with zero attached hydrogens (tertiary/aromatic N) is 4. The Hall–Kier alpha value is -2.24. The van der Waals surface area contributed by atoms with Crippen molar-refractivity contribution in [1.82, 2.24) is 20.0 Å². The van der Waals surface area contributed by atoms with E-state index in [0.29, 0.717) is 23.6 Å². The average molecular weight is 286 g/mol. The molecule has 0 unspecified atom stereocenters. The van der Waals surface area contributed by atoms with E-state index < -0.39 is 0 Å². The van der Waals surface area contributed by atoms with Crippen molar-refractivity contribution in [3.63, 3.8) is 0 Å². The van der Waals surface area contributed by atoms with Crippen molar-refractivity contribution in [2.24, 2.45) is 0 Å². The summed E-state index contributed by atoms with van der Waals surface area (Å²) in [5, 5.41) is 3.87. The predicted octanol–water partition coefficient (Wildman–Crippen LogP) is 2.10. The van der Waals surface area contributed by atoms with Crippen LogP contribution in [0.1, 0.15) is 46.3 Å². The van der Waals surface area contributed by atoms with Gasteiger partial charge in [-0.15, -0.1) is 0 Å². The first-order chi connectivity index (χ1) is 10.2. The third kappa shape index (κ3) is 2.66. The number of piperidine rings is 1. The van der Waals surface area contributed by atoms with Crippen LogP contribution in [-0.2, 0) is 0 Å². The second-order valence-corrected chi connectivity index (χ2v) is 5.42. The van der Waals surface area contributed by atoms with E-state index in [1.54, 1.807) is 26.4 Å². The fourth-order valence-corrected chi connectivity index (χ4v) is 2.89. The summed E-state index contributed by atoms with van der Waals surface area (Å²) >= 11 is 0. The van der Waals surface area contributed by atoms with Crippen LogP contribution < -0.4 is 0 Å². The molecule has 2 aromatic rings. The summed E-state index contributed by atoms with van der Waals surface area (Å²) in [6.07, 6.45) is 5.33. The van der Waals surface area contributed by atoms with E-state index in [1.165, 1.54) is 0 Å². The van der Waals surface area contributed by atoms with E-state index in [2.05, 4.69) is 15.1 Å². The molecule has 21 heavy (non-hydrogen) atoms. The maximum absolute atomic E-state index is 12.7. The summed E-state index contributed by atoms with van der Waals surface area (Å²) < 4.78 is 5.10. The van der Waals surface area contributed by atoms with Gasteiger partial charge in [-0.1, -0.05) is 5.16 Å². The smallest absolute Gasteiger partial charge is 0.259 e. The fourth-order valence-electron chi connectivity index (χ4n) is 2.89. The molecule has 1 saturated heterocycles. The maximum atomic E-state index is 12.7. The third-order valence-electron chi connectivity index (χ3n) is 3.98. The minimum Gasteiger partial charge on any atom is -0.361 e. The quantitative estimate of drug-likeness (QED) is 0.845. The lowest BCUT2D eigenvalue weighted by Crippen LogP contribution is -2.39. The number of carbonyl (C=O) groups excluding carboxylic acids is 1. The number of likely N-dealkylation sites (tertiary alicyclic amines) is 1. The molecule has 1 aliphatic heterocycles. The van der Waals surface area contributed by atoms with Gasteiger partial charge in [0, 0.05) is 30.9 Å². The molecule has 0 aliphatic carbocycles. The van der Waals surface area contributed by atoms with Gasteiger partial charge in [0.1, 0.15) is 17.7 Å². The number of aryl methyl sites for hydroxylation is 2. The fraction of sp³-hybridized carbons (Fsp3) is 0.467. The van der Waals surface area contributed by atoms with E-state index in [-0.39, 0.29) is 11.8 Å². The molecule has 0 N–H and O–H groups in total. The third-order valence-corrected chi connectivity index (χ3v) is 3.98. The molecule has 3 heterocycles. The first-order valence-corrected chi connectivity index (χ1v) is 7.15. The van der Waals surface area contributed by atoms with E-state index >= 15 is 0 Å². The highest BCUT2D eigenvalue weighted by molar-refractivity contribution is 5.96. The highest BCUT2D eigenvalue weighted by atomic mass is 16.5. The molecule has 110 valence electrons. The first-order valence-electron chi connectivity index (χ1n) is 7.15. The standard InChI is InChI=1S/C15H18N4O2/c1-10-14(11(2)21-18-10)15(20)19-7-3-4-12(8-19)13-5-6-16-9-17-13/h5-6,9,12H,3-4,7-8H2,1-2H3/t12-/m1/s1. The molecule has 6 heteroatoms. The van der Waals surface area contributed by atoms with E-state index in [9.17, 15) is 4.79 Å². The first kappa shape index (κ1) is 13.7. The van der Waals surface area contributed by atoms with Crippen LogP contribution in [0.3, 0.4) is 0 Å². The number of hydrogen-bond acceptors (Lipinski definition) is 5. The molecule has 2 aromatic heterocycles. The van der Waals surface area contributed by atoms with Crippen LogP contribution in [0.2, 0.25) is 0 Å². The number of rotatable bonds is 2. The molecule has 0 saturated carbocycles. The number of amides is 1. The van der Waals surface area contributed by atoms with Gasteiger partial charge in [-0.25, -0.2) is 9.97 Å². The zero-order chi connectivity index (χ0) is 14.8. The largest absolute Gasteiger partial charge is 0.361 e. The second-order valence-electron chi connectivity index (χ2n) is 5.42. The van der Waals surface area contributed by atoms with E-state index in [4.69, 9.17) is 4.52 Å². The van der Waals surface area contributed by atoms with Crippen molar-refractivity contribution < 1.29 is 9.32 Å². The van der Waals surface area contributed by atoms with Gasteiger partial charge in [-0.2, -0.15) is 0 Å². The Balaban J connectivity index is 1.79. The topological polar surface area (TPSA) is 72.1 Å². The highest BCUT2D eigenvalue weighted by Gasteiger charge is 2.29. The number of hydrogen-bond donors (Lipinski definition) is 0. The monoisotopic (exact) mass is 286 g/mol. The Labute approximate surface area is 123 Å². The van der Waals surface area contributed by atoms with E-state index in [0.717, 1.165) is 25.1 Å². The Kier molecular flexibility index (Phi) is 3.68. The van der Waals surface area contributed by atoms with Gasteiger partial charge in [-0.05, 0) is 32.8 Å². The molecule has 0 spiro atoms. The van der Waals surface area contributed by atoms with Gasteiger partial charge in [-0.3, -0.25) is 4.79 Å². The molecular weight excluding hydrogens is 268 g/mol. The van der Waals surface area contributed by atoms with Crippen LogP contribution in [0.4, 0.5) is 0 Å². The molecule has 1 aliphatic rings. The predicted molar refractivity (Wildman–Crippen MR) is 75.9 cm³/mol. The molecular formula is C15H18N4O2. The van der Waals surface area contributed by atoms with Gasteiger partial charge in [0.05, 0.1) is 5.69 Å². The maximum Gasteiger partial charge on any atom is 0.259 e. The van der Waals surface area contributed by atoms with Crippen LogP contribution in [0.5, 0.6) is 0 Å². The van der Waals surface area contributed by atoms with Crippen molar-refractivity contribution in [3.8, 4) is 0 Å². The summed E-state index contributed by atoms with van der Waals surface area (Å²) in [6, 6.07) is 1.93. The Morgan fingerprint density at radius 2 is 2.29 bits per heavy atom. The van der Waals surface area contributed by atoms with Crippen LogP contribution in [0, 0.1) is 13.8 Å². The summed E-state index contributed by atoms with van der Waals surface area (Å²) in [5.41, 5.74) is 2.25. The lowest BCUT2D eigenvalue weighted by molar-refractivity contribution is 0.0703. The summed E-state index contributed by atoms with van der Waals surface area (Å²) in [5.74, 6) is 0.859. The van der Waals surface area contributed by atoms with Crippen molar-refractivity contribution in [2.45, 2.75) is 32.6 Å². The zero-order valence-corrected chi connectivity index (χ0v) is 12.2. The minimum atomic E-state index is 0.00464. The summed E-state index contributed by atoms with van der Waals surface area (Å²) in [6.45, 7) is 5.03. The Morgan fingerprint density at radius 1 is 1.43 bits per heavy atom. The summed E-state index contributed by atoms with van der Waals surface area (Å²) in [7, 11) is 0. The molecule has 0 bridgehead atoms. The molecule has 1 atom stereocenters. The van der Waals surface area contributed by atoms with Gasteiger partial charge in [0.2, 0.25) is 0 Å². The molecule has 1 amide bonds. The molecule has 6 nitrogen and oxygen atoms in total. The normalized spacial score (nSPS) is 18.8. The van der Waals surface area contributed by atoms with Crippen molar-refractivity contribution in [1.29, 1.82) is 0 Å². The lowest BCUT2D eigenvalue weighted by atomic mass is 9.94. The molecule has 1 fully saturated rings. The van der Waals surface area contributed by atoms with Crippen LogP contribution in [-0.4, -0.2) is 39.0 Å². The van der Waals surface area contributed by atoms with E-state index in [1.807, 2.05) is 11.0 Å². The van der Waals surface area contributed by atoms with Gasteiger partial charge in [0.25, 0.3) is 5.91 Å². The molecule has 0 radical (unpaired) electrons. The van der Waals surface area contributed by atoms with Crippen LogP contribution >= 0.6 is 0 Å². The van der Waals surface area contributed by atoms with Gasteiger partial charge in [0.15, 0.2) is 0 Å². The van der Waals surface area contributed by atoms with Gasteiger partial charge >= 0.3 is 0 Å². The molecule has 0 aromatic carbocycles. The SMILES string of the molecule is Cc1noc(C)c1C(=O)N1CCC[C@@H](c2ccncn2)C1. The highest BCUT2D eigenvalue weighted by Crippen LogP contribution is 2.27. The Bertz CT molecular complexity index is 619. The molecule has 3 rings (SSSR count). The number of carbonyl (C=O) groups is 1. The van der Waals surface area contributed by atoms with Crippen LogP contribution in [0.25, 0.3) is 0 Å². The van der Waals surface area contributed by atoms with Crippen molar-refractivity contribution in [2.75, 3.05) is 13.1 Å². The van der Waals surface area contributed by atoms with Crippen molar-refractivity contribution in [3.05, 3.63) is 41.3 Å².